The Morgan fingerprint density at radius 2 is 2.32 bits per heavy atom. The molecule has 2 rings (SSSR count). The van der Waals surface area contributed by atoms with Gasteiger partial charge in [0.2, 0.25) is 0 Å². The number of guanidine groups is 1. The first-order valence-electron chi connectivity index (χ1n) is 6.64. The van der Waals surface area contributed by atoms with Crippen LogP contribution in [0.3, 0.4) is 0 Å². The molecule has 1 aliphatic rings. The van der Waals surface area contributed by atoms with Crippen molar-refractivity contribution in [3.05, 3.63) is 29.6 Å². The smallest absolute Gasteiger partial charge is 0.191 e. The molecule has 5 heteroatoms. The van der Waals surface area contributed by atoms with E-state index < -0.39 is 0 Å². The van der Waals surface area contributed by atoms with Crippen molar-refractivity contribution in [2.75, 3.05) is 26.7 Å². The monoisotopic (exact) mass is 265 g/mol. The molecule has 0 unspecified atom stereocenters. The van der Waals surface area contributed by atoms with Gasteiger partial charge in [-0.2, -0.15) is 0 Å². The van der Waals surface area contributed by atoms with E-state index in [4.69, 9.17) is 4.74 Å². The average Bonchev–Trinajstić information content (AvgIpc) is 2.68. The van der Waals surface area contributed by atoms with Gasteiger partial charge in [-0.25, -0.2) is 4.39 Å². The number of nitrogens with one attached hydrogen (secondary N) is 2. The first-order valence-corrected chi connectivity index (χ1v) is 6.64. The molecule has 0 atom stereocenters. The molecule has 0 amide bonds. The lowest BCUT2D eigenvalue weighted by atomic mass is 10.1. The van der Waals surface area contributed by atoms with E-state index in [0.29, 0.717) is 0 Å². The van der Waals surface area contributed by atoms with Crippen LogP contribution in [0.5, 0.6) is 5.75 Å². The third-order valence-corrected chi connectivity index (χ3v) is 3.07. The second-order valence-electron chi connectivity index (χ2n) is 4.51. The molecule has 1 aromatic rings. The van der Waals surface area contributed by atoms with E-state index >= 15 is 0 Å². The highest BCUT2D eigenvalue weighted by Gasteiger charge is 2.05. The number of hydrogen-bond acceptors (Lipinski definition) is 4. The van der Waals surface area contributed by atoms with Crippen molar-refractivity contribution < 1.29 is 9.13 Å². The molecular formula is C14H20FN3O. The van der Waals surface area contributed by atoms with Crippen molar-refractivity contribution in [3.63, 3.8) is 0 Å². The summed E-state index contributed by atoms with van der Waals surface area (Å²) in [7, 11) is 1.47. The lowest BCUT2D eigenvalue weighted by molar-refractivity contribution is 0.386. The molecule has 2 N–H and O–H groups in total. The van der Waals surface area contributed by atoms with Crippen molar-refractivity contribution in [2.24, 2.45) is 4.99 Å². The molecule has 0 saturated heterocycles. The Morgan fingerprint density at radius 3 is 3.11 bits per heavy atom. The predicted molar refractivity (Wildman–Crippen MR) is 74.2 cm³/mol. The lowest BCUT2D eigenvalue weighted by Crippen LogP contribution is -2.38. The molecule has 0 fully saturated rings. The zero-order valence-electron chi connectivity index (χ0n) is 11.2. The Labute approximate surface area is 113 Å². The van der Waals surface area contributed by atoms with E-state index in [-0.39, 0.29) is 11.6 Å². The minimum Gasteiger partial charge on any atom is -0.494 e. The number of ether oxygens (including phenoxy) is 1. The molecule has 1 aliphatic heterocycles. The van der Waals surface area contributed by atoms with Gasteiger partial charge < -0.3 is 15.4 Å². The Balaban J connectivity index is 1.82. The van der Waals surface area contributed by atoms with Crippen LogP contribution >= 0.6 is 0 Å². The van der Waals surface area contributed by atoms with Crippen LogP contribution in [0.2, 0.25) is 0 Å². The number of nitrogens with zero attached hydrogens (tertiary/aromatic N) is 1. The topological polar surface area (TPSA) is 45.6 Å². The van der Waals surface area contributed by atoms with Gasteiger partial charge in [-0.05, 0) is 37.0 Å². The highest BCUT2D eigenvalue weighted by atomic mass is 19.1. The zero-order chi connectivity index (χ0) is 13.5. The summed E-state index contributed by atoms with van der Waals surface area (Å²) in [5.41, 5.74) is 0.944. The van der Waals surface area contributed by atoms with Gasteiger partial charge in [0.1, 0.15) is 0 Å². The second kappa shape index (κ2) is 6.97. The SMILES string of the molecule is COc1ccc(CCNC2=NCCCCN2)cc1F. The average molecular weight is 265 g/mol. The van der Waals surface area contributed by atoms with Crippen LogP contribution < -0.4 is 15.4 Å². The maximum atomic E-state index is 13.5. The molecule has 0 spiro atoms. The van der Waals surface area contributed by atoms with E-state index in [1.54, 1.807) is 6.07 Å². The maximum absolute atomic E-state index is 13.5. The largest absolute Gasteiger partial charge is 0.494 e. The van der Waals surface area contributed by atoms with Crippen LogP contribution in [0, 0.1) is 5.82 Å². The van der Waals surface area contributed by atoms with Crippen LogP contribution in [-0.4, -0.2) is 32.7 Å². The molecule has 0 radical (unpaired) electrons. The molecule has 19 heavy (non-hydrogen) atoms. The summed E-state index contributed by atoms with van der Waals surface area (Å²) in [4.78, 5) is 4.40. The van der Waals surface area contributed by atoms with Crippen molar-refractivity contribution in [1.29, 1.82) is 0 Å². The van der Waals surface area contributed by atoms with Gasteiger partial charge in [-0.1, -0.05) is 6.07 Å². The third-order valence-electron chi connectivity index (χ3n) is 3.07. The summed E-state index contributed by atoms with van der Waals surface area (Å²) in [6.07, 6.45) is 3.03. The molecule has 0 aliphatic carbocycles. The summed E-state index contributed by atoms with van der Waals surface area (Å²) in [5, 5.41) is 6.49. The number of aliphatic imine (C=N–C) groups is 1. The molecule has 0 bridgehead atoms. The summed E-state index contributed by atoms with van der Waals surface area (Å²) >= 11 is 0. The van der Waals surface area contributed by atoms with E-state index in [1.807, 2.05) is 6.07 Å². The predicted octanol–water partition coefficient (Wildman–Crippen LogP) is 1.71. The van der Waals surface area contributed by atoms with E-state index in [0.717, 1.165) is 50.4 Å². The summed E-state index contributed by atoms with van der Waals surface area (Å²) in [6, 6.07) is 5.06. The number of methoxy groups -OCH3 is 1. The molecule has 4 nitrogen and oxygen atoms in total. The van der Waals surface area contributed by atoms with Gasteiger partial charge in [0.25, 0.3) is 0 Å². The number of halogens is 1. The first-order chi connectivity index (χ1) is 9.29. The molecular weight excluding hydrogens is 245 g/mol. The molecule has 0 saturated carbocycles. The van der Waals surface area contributed by atoms with Gasteiger partial charge in [0.05, 0.1) is 7.11 Å². The fourth-order valence-corrected chi connectivity index (χ4v) is 2.00. The fourth-order valence-electron chi connectivity index (χ4n) is 2.00. The quantitative estimate of drug-likeness (QED) is 0.871. The Hall–Kier alpha value is -1.78. The molecule has 1 aromatic carbocycles. The van der Waals surface area contributed by atoms with E-state index in [1.165, 1.54) is 13.2 Å². The van der Waals surface area contributed by atoms with E-state index in [9.17, 15) is 4.39 Å². The number of benzene rings is 1. The summed E-state index contributed by atoms with van der Waals surface area (Å²) in [6.45, 7) is 2.56. The van der Waals surface area contributed by atoms with Crippen LogP contribution in [0.1, 0.15) is 18.4 Å². The van der Waals surface area contributed by atoms with E-state index in [2.05, 4.69) is 15.6 Å². The van der Waals surface area contributed by atoms with Crippen molar-refractivity contribution >= 4 is 5.96 Å². The van der Waals surface area contributed by atoms with Crippen molar-refractivity contribution in [3.8, 4) is 5.75 Å². The Kier molecular flexibility index (Phi) is 5.01. The van der Waals surface area contributed by atoms with Gasteiger partial charge >= 0.3 is 0 Å². The minimum atomic E-state index is -0.315. The fraction of sp³-hybridized carbons (Fsp3) is 0.500. The van der Waals surface area contributed by atoms with Crippen molar-refractivity contribution in [1.82, 2.24) is 10.6 Å². The molecule has 1 heterocycles. The van der Waals surface area contributed by atoms with Gasteiger partial charge in [-0.15, -0.1) is 0 Å². The zero-order valence-corrected chi connectivity index (χ0v) is 11.2. The van der Waals surface area contributed by atoms with Gasteiger partial charge in [0.15, 0.2) is 17.5 Å². The van der Waals surface area contributed by atoms with Crippen molar-refractivity contribution in [2.45, 2.75) is 19.3 Å². The minimum absolute atomic E-state index is 0.284. The Morgan fingerprint density at radius 1 is 1.42 bits per heavy atom. The summed E-state index contributed by atoms with van der Waals surface area (Å²) < 4.78 is 18.4. The van der Waals surface area contributed by atoms with Gasteiger partial charge in [0, 0.05) is 19.6 Å². The van der Waals surface area contributed by atoms with Crippen LogP contribution in [-0.2, 0) is 6.42 Å². The molecule has 0 aromatic heterocycles. The van der Waals surface area contributed by atoms with Gasteiger partial charge in [-0.3, -0.25) is 4.99 Å². The first kappa shape index (κ1) is 13.6. The van der Waals surface area contributed by atoms with Crippen LogP contribution in [0.25, 0.3) is 0 Å². The number of hydrogen-bond donors (Lipinski definition) is 2. The standard InChI is InChI=1S/C14H20FN3O/c1-19-13-5-4-11(10-12(13)15)6-9-18-14-16-7-2-3-8-17-14/h4-5,10H,2-3,6-9H2,1H3,(H2,16,17,18). The maximum Gasteiger partial charge on any atom is 0.191 e. The molecule has 104 valence electrons. The lowest BCUT2D eigenvalue weighted by Gasteiger charge is -2.10. The third kappa shape index (κ3) is 4.12. The number of rotatable bonds is 4. The Bertz CT molecular complexity index is 448. The highest BCUT2D eigenvalue weighted by molar-refractivity contribution is 5.79. The highest BCUT2D eigenvalue weighted by Crippen LogP contribution is 2.17. The van der Waals surface area contributed by atoms with Crippen LogP contribution in [0.15, 0.2) is 23.2 Å². The summed E-state index contributed by atoms with van der Waals surface area (Å²) in [5.74, 6) is 0.822. The van der Waals surface area contributed by atoms with Crippen LogP contribution in [0.4, 0.5) is 4.39 Å². The second-order valence-corrected chi connectivity index (χ2v) is 4.51. The normalized spacial score (nSPS) is 15.2.